The van der Waals surface area contributed by atoms with Crippen LogP contribution in [0, 0.1) is 19.8 Å². The second-order valence-corrected chi connectivity index (χ2v) is 4.94. The molecule has 2 heteroatoms. The van der Waals surface area contributed by atoms with Gasteiger partial charge < -0.3 is 5.73 Å². The first-order chi connectivity index (χ1) is 8.11. The van der Waals surface area contributed by atoms with Crippen LogP contribution in [0.15, 0.2) is 24.3 Å². The van der Waals surface area contributed by atoms with Crippen molar-refractivity contribution in [2.75, 3.05) is 6.54 Å². The van der Waals surface area contributed by atoms with Crippen LogP contribution in [0.3, 0.4) is 0 Å². The quantitative estimate of drug-likeness (QED) is 0.877. The van der Waals surface area contributed by atoms with E-state index >= 15 is 0 Å². The molecular formula is C15H20N2. The van der Waals surface area contributed by atoms with Crippen LogP contribution in [0.25, 0.3) is 10.9 Å². The van der Waals surface area contributed by atoms with Crippen molar-refractivity contribution in [1.29, 1.82) is 0 Å². The maximum absolute atomic E-state index is 5.72. The number of pyridine rings is 1. The van der Waals surface area contributed by atoms with E-state index in [9.17, 15) is 0 Å². The summed E-state index contributed by atoms with van der Waals surface area (Å²) in [5.74, 6) is 0.514. The molecule has 0 radical (unpaired) electrons. The Bertz CT molecular complexity index is 532. The molecule has 1 aromatic heterocycles. The highest BCUT2D eigenvalue weighted by Crippen LogP contribution is 2.23. The third-order valence-electron chi connectivity index (χ3n) is 3.23. The van der Waals surface area contributed by atoms with Gasteiger partial charge in [-0.1, -0.05) is 25.1 Å². The fourth-order valence-electron chi connectivity index (χ4n) is 2.23. The van der Waals surface area contributed by atoms with Gasteiger partial charge in [-0.25, -0.2) is 0 Å². The molecule has 0 fully saturated rings. The summed E-state index contributed by atoms with van der Waals surface area (Å²) in [5.41, 5.74) is 10.5. The highest BCUT2D eigenvalue weighted by molar-refractivity contribution is 5.85. The second kappa shape index (κ2) is 4.84. The van der Waals surface area contributed by atoms with Crippen molar-refractivity contribution in [3.8, 4) is 0 Å². The van der Waals surface area contributed by atoms with Crippen LogP contribution in [0.1, 0.15) is 23.7 Å². The average molecular weight is 228 g/mol. The van der Waals surface area contributed by atoms with Crippen LogP contribution >= 0.6 is 0 Å². The van der Waals surface area contributed by atoms with E-state index in [1.807, 2.05) is 0 Å². The first-order valence-electron chi connectivity index (χ1n) is 6.17. The number of nitrogens with zero attached hydrogens (tertiary/aromatic N) is 1. The fraction of sp³-hybridized carbons (Fsp3) is 0.400. The lowest BCUT2D eigenvalue weighted by atomic mass is 9.96. The molecule has 0 bridgehead atoms. The molecule has 0 saturated heterocycles. The summed E-state index contributed by atoms with van der Waals surface area (Å²) in [6.07, 6.45) is 1.03. The van der Waals surface area contributed by atoms with E-state index in [0.29, 0.717) is 5.92 Å². The zero-order chi connectivity index (χ0) is 12.4. The summed E-state index contributed by atoms with van der Waals surface area (Å²) in [7, 11) is 0. The van der Waals surface area contributed by atoms with Crippen molar-refractivity contribution in [2.24, 2.45) is 11.7 Å². The van der Waals surface area contributed by atoms with Gasteiger partial charge >= 0.3 is 0 Å². The van der Waals surface area contributed by atoms with E-state index in [4.69, 9.17) is 5.73 Å². The number of hydrogen-bond donors (Lipinski definition) is 1. The third kappa shape index (κ3) is 2.47. The van der Waals surface area contributed by atoms with E-state index < -0.39 is 0 Å². The molecular weight excluding hydrogens is 208 g/mol. The normalized spacial score (nSPS) is 12.9. The molecule has 17 heavy (non-hydrogen) atoms. The Kier molecular flexibility index (Phi) is 3.43. The van der Waals surface area contributed by atoms with Crippen molar-refractivity contribution in [1.82, 2.24) is 4.98 Å². The van der Waals surface area contributed by atoms with Gasteiger partial charge in [0, 0.05) is 11.1 Å². The summed E-state index contributed by atoms with van der Waals surface area (Å²) in [6.45, 7) is 7.10. The number of aromatic nitrogens is 1. The Morgan fingerprint density at radius 3 is 2.76 bits per heavy atom. The first kappa shape index (κ1) is 12.1. The van der Waals surface area contributed by atoms with Crippen LogP contribution in [-0.2, 0) is 6.42 Å². The Labute approximate surface area is 103 Å². The Morgan fingerprint density at radius 1 is 1.29 bits per heavy atom. The highest BCUT2D eigenvalue weighted by Gasteiger charge is 2.08. The summed E-state index contributed by atoms with van der Waals surface area (Å²) in [4.78, 5) is 4.64. The minimum Gasteiger partial charge on any atom is -0.330 e. The van der Waals surface area contributed by atoms with Gasteiger partial charge in [0.25, 0.3) is 0 Å². The van der Waals surface area contributed by atoms with Gasteiger partial charge in [0.2, 0.25) is 0 Å². The SMILES string of the molecule is Cc1cc(CC(C)CN)c2cccc(C)c2n1. The van der Waals surface area contributed by atoms with E-state index in [1.54, 1.807) is 0 Å². The van der Waals surface area contributed by atoms with Gasteiger partial charge in [-0.15, -0.1) is 0 Å². The van der Waals surface area contributed by atoms with Crippen molar-refractivity contribution in [3.05, 3.63) is 41.1 Å². The lowest BCUT2D eigenvalue weighted by Gasteiger charge is -2.13. The number of hydrogen-bond acceptors (Lipinski definition) is 2. The van der Waals surface area contributed by atoms with E-state index in [2.05, 4.69) is 50.0 Å². The predicted octanol–water partition coefficient (Wildman–Crippen LogP) is 2.99. The van der Waals surface area contributed by atoms with Gasteiger partial charge in [-0.2, -0.15) is 0 Å². The van der Waals surface area contributed by atoms with Crippen molar-refractivity contribution in [2.45, 2.75) is 27.2 Å². The zero-order valence-corrected chi connectivity index (χ0v) is 10.8. The molecule has 1 unspecified atom stereocenters. The Balaban J connectivity index is 2.58. The topological polar surface area (TPSA) is 38.9 Å². The molecule has 2 N–H and O–H groups in total. The van der Waals surface area contributed by atoms with Crippen LogP contribution < -0.4 is 5.73 Å². The molecule has 2 nitrogen and oxygen atoms in total. The zero-order valence-electron chi connectivity index (χ0n) is 10.8. The van der Waals surface area contributed by atoms with Crippen molar-refractivity contribution < 1.29 is 0 Å². The minimum atomic E-state index is 0.514. The molecule has 0 spiro atoms. The van der Waals surface area contributed by atoms with Gasteiger partial charge in [-0.05, 0) is 49.9 Å². The van der Waals surface area contributed by atoms with Crippen LogP contribution in [0.4, 0.5) is 0 Å². The largest absolute Gasteiger partial charge is 0.330 e. The number of fused-ring (bicyclic) bond motifs is 1. The van der Waals surface area contributed by atoms with Gasteiger partial charge in [0.1, 0.15) is 0 Å². The molecule has 0 saturated carbocycles. The lowest BCUT2D eigenvalue weighted by Crippen LogP contribution is -2.13. The third-order valence-corrected chi connectivity index (χ3v) is 3.23. The Hall–Kier alpha value is -1.41. The molecule has 90 valence electrons. The molecule has 1 aromatic carbocycles. The monoisotopic (exact) mass is 228 g/mol. The lowest BCUT2D eigenvalue weighted by molar-refractivity contribution is 0.595. The van der Waals surface area contributed by atoms with Crippen LogP contribution in [-0.4, -0.2) is 11.5 Å². The number of rotatable bonds is 3. The standard InChI is InChI=1S/C15H20N2/c1-10(9-16)7-13-8-12(3)17-15-11(2)5-4-6-14(13)15/h4-6,8,10H,7,9,16H2,1-3H3. The molecule has 0 aliphatic heterocycles. The average Bonchev–Trinajstić information content (AvgIpc) is 2.30. The molecule has 1 atom stereocenters. The van der Waals surface area contributed by atoms with E-state index in [1.165, 1.54) is 16.5 Å². The number of aryl methyl sites for hydroxylation is 2. The number of nitrogens with two attached hydrogens (primary N) is 1. The molecule has 2 rings (SSSR count). The fourth-order valence-corrected chi connectivity index (χ4v) is 2.23. The second-order valence-electron chi connectivity index (χ2n) is 4.94. The molecule has 0 amide bonds. The van der Waals surface area contributed by atoms with Crippen LogP contribution in [0.5, 0.6) is 0 Å². The number of para-hydroxylation sites is 1. The van der Waals surface area contributed by atoms with Crippen molar-refractivity contribution in [3.63, 3.8) is 0 Å². The van der Waals surface area contributed by atoms with E-state index in [-0.39, 0.29) is 0 Å². The summed E-state index contributed by atoms with van der Waals surface area (Å²) in [6, 6.07) is 8.57. The molecule has 0 aliphatic rings. The van der Waals surface area contributed by atoms with Gasteiger partial charge in [-0.3, -0.25) is 4.98 Å². The summed E-state index contributed by atoms with van der Waals surface area (Å²) < 4.78 is 0. The maximum atomic E-state index is 5.72. The van der Waals surface area contributed by atoms with Gasteiger partial charge in [0.15, 0.2) is 0 Å². The molecule has 0 aliphatic carbocycles. The number of benzene rings is 1. The first-order valence-corrected chi connectivity index (χ1v) is 6.17. The maximum Gasteiger partial charge on any atom is 0.0737 e. The summed E-state index contributed by atoms with van der Waals surface area (Å²) in [5, 5.41) is 1.27. The Morgan fingerprint density at radius 2 is 2.06 bits per heavy atom. The smallest absolute Gasteiger partial charge is 0.0737 e. The summed E-state index contributed by atoms with van der Waals surface area (Å²) >= 11 is 0. The van der Waals surface area contributed by atoms with Crippen molar-refractivity contribution >= 4 is 10.9 Å². The van der Waals surface area contributed by atoms with Crippen LogP contribution in [0.2, 0.25) is 0 Å². The molecule has 1 heterocycles. The highest BCUT2D eigenvalue weighted by atomic mass is 14.7. The van der Waals surface area contributed by atoms with Gasteiger partial charge in [0.05, 0.1) is 5.52 Å². The van der Waals surface area contributed by atoms with E-state index in [0.717, 1.165) is 24.2 Å². The minimum absolute atomic E-state index is 0.514. The predicted molar refractivity (Wildman–Crippen MR) is 73.1 cm³/mol. The molecule has 2 aromatic rings.